The maximum Gasteiger partial charge on any atom is 0.115 e. The fraction of sp³-hybridized carbons (Fsp3) is 0. The normalized spacial score (nSPS) is 9.18. The van der Waals surface area contributed by atoms with Gasteiger partial charge in [0.15, 0.2) is 0 Å². The largest absolute Gasteiger partial charge is 0.508 e. The lowest BCUT2D eigenvalue weighted by Gasteiger charge is -2.01. The Morgan fingerprint density at radius 2 is 1.00 bits per heavy atom. The molecule has 0 aliphatic carbocycles. The second-order valence-corrected chi connectivity index (χ2v) is 4.24. The lowest BCUT2D eigenvalue weighted by molar-refractivity contribution is -0.0979. The molecule has 17 heavy (non-hydrogen) atoms. The Kier molecular flexibility index (Phi) is 5.10. The number of aromatic hydroxyl groups is 2. The molecular weight excluding hydrogens is 236 g/mol. The van der Waals surface area contributed by atoms with Crippen molar-refractivity contribution in [3.8, 4) is 11.5 Å². The van der Waals surface area contributed by atoms with Gasteiger partial charge in [0.25, 0.3) is 0 Å². The Bertz CT molecular complexity index is 408. The van der Waals surface area contributed by atoms with E-state index in [9.17, 15) is 0 Å². The Morgan fingerprint density at radius 1 is 0.706 bits per heavy atom. The van der Waals surface area contributed by atoms with E-state index in [1.165, 1.54) is 0 Å². The maximum absolute atomic E-state index is 9.12. The monoisotopic (exact) mass is 248 g/mol. The highest BCUT2D eigenvalue weighted by molar-refractivity contribution is 7.99. The second-order valence-electron chi connectivity index (χ2n) is 3.09. The molecule has 2 N–H and O–H groups in total. The molecule has 2 aromatic rings. The molecule has 0 unspecified atom stereocenters. The summed E-state index contributed by atoms with van der Waals surface area (Å²) >= 11 is 1.58. The molecule has 0 radical (unpaired) electrons. The first-order valence-corrected chi connectivity index (χ1v) is 5.60. The lowest BCUT2D eigenvalue weighted by Crippen LogP contribution is -1.73. The number of hydrogen-bond donors (Lipinski definition) is 2. The zero-order valence-corrected chi connectivity index (χ0v) is 9.85. The molecule has 88 valence electrons. The van der Waals surface area contributed by atoms with Gasteiger partial charge in [-0.1, -0.05) is 11.8 Å². The summed E-state index contributed by atoms with van der Waals surface area (Å²) in [6.07, 6.45) is 0. The van der Waals surface area contributed by atoms with E-state index in [0.717, 1.165) is 9.79 Å². The number of carbonyl (C=O) groups excluding carboxylic acids is 1. The average molecular weight is 248 g/mol. The van der Waals surface area contributed by atoms with Gasteiger partial charge < -0.3 is 15.0 Å². The highest BCUT2D eigenvalue weighted by atomic mass is 32.2. The van der Waals surface area contributed by atoms with Gasteiger partial charge in [0.1, 0.15) is 18.3 Å². The Hall–Kier alpha value is -1.94. The molecular formula is C13H12O3S. The standard InChI is InChI=1S/C12H10O2S.CH2O/c13-9-1-5-11(6-2-9)15-12-7-3-10(14)4-8-12;1-2/h1-8,13-14H;1H2. The molecule has 0 aliphatic heterocycles. The zero-order chi connectivity index (χ0) is 12.7. The van der Waals surface area contributed by atoms with Gasteiger partial charge in [0, 0.05) is 9.79 Å². The van der Waals surface area contributed by atoms with Gasteiger partial charge in [0.05, 0.1) is 0 Å². The Morgan fingerprint density at radius 3 is 1.29 bits per heavy atom. The topological polar surface area (TPSA) is 57.5 Å². The van der Waals surface area contributed by atoms with Crippen LogP contribution in [0, 0.1) is 0 Å². The molecule has 0 atom stereocenters. The number of phenols is 2. The van der Waals surface area contributed by atoms with Crippen molar-refractivity contribution in [2.45, 2.75) is 9.79 Å². The highest BCUT2D eigenvalue weighted by Gasteiger charge is 1.97. The van der Waals surface area contributed by atoms with Crippen molar-refractivity contribution in [1.29, 1.82) is 0 Å². The van der Waals surface area contributed by atoms with E-state index < -0.39 is 0 Å². The van der Waals surface area contributed by atoms with Gasteiger partial charge >= 0.3 is 0 Å². The number of phenolic OH excluding ortho intramolecular Hbond substituents is 2. The summed E-state index contributed by atoms with van der Waals surface area (Å²) in [5.41, 5.74) is 0. The highest BCUT2D eigenvalue weighted by Crippen LogP contribution is 2.29. The predicted molar refractivity (Wildman–Crippen MR) is 67.5 cm³/mol. The van der Waals surface area contributed by atoms with Crippen LogP contribution in [0.15, 0.2) is 58.3 Å². The van der Waals surface area contributed by atoms with Crippen LogP contribution in [0.3, 0.4) is 0 Å². The van der Waals surface area contributed by atoms with Crippen molar-refractivity contribution >= 4 is 18.6 Å². The summed E-state index contributed by atoms with van der Waals surface area (Å²) in [6, 6.07) is 14.0. The van der Waals surface area contributed by atoms with Gasteiger partial charge in [-0.15, -0.1) is 0 Å². The van der Waals surface area contributed by atoms with Gasteiger partial charge in [-0.3, -0.25) is 0 Å². The smallest absolute Gasteiger partial charge is 0.115 e. The molecule has 0 saturated carbocycles. The number of hydrogen-bond acceptors (Lipinski definition) is 4. The number of rotatable bonds is 2. The molecule has 2 aromatic carbocycles. The van der Waals surface area contributed by atoms with Crippen LogP contribution in [0.4, 0.5) is 0 Å². The summed E-state index contributed by atoms with van der Waals surface area (Å²) in [5.74, 6) is 0.537. The van der Waals surface area contributed by atoms with E-state index in [1.807, 2.05) is 31.1 Å². The number of carbonyl (C=O) groups is 1. The molecule has 0 aromatic heterocycles. The SMILES string of the molecule is C=O.Oc1ccc(Sc2ccc(O)cc2)cc1. The Labute approximate surface area is 104 Å². The minimum Gasteiger partial charge on any atom is -0.508 e. The maximum atomic E-state index is 9.12. The summed E-state index contributed by atoms with van der Waals surface area (Å²) in [7, 11) is 0. The van der Waals surface area contributed by atoms with E-state index in [1.54, 1.807) is 36.0 Å². The molecule has 0 spiro atoms. The summed E-state index contributed by atoms with van der Waals surface area (Å²) in [4.78, 5) is 10.1. The molecule has 4 heteroatoms. The van der Waals surface area contributed by atoms with Crippen molar-refractivity contribution in [1.82, 2.24) is 0 Å². The van der Waals surface area contributed by atoms with Gasteiger partial charge in [-0.2, -0.15) is 0 Å². The fourth-order valence-electron chi connectivity index (χ4n) is 1.16. The van der Waals surface area contributed by atoms with Crippen molar-refractivity contribution in [2.24, 2.45) is 0 Å². The van der Waals surface area contributed by atoms with E-state index in [4.69, 9.17) is 15.0 Å². The van der Waals surface area contributed by atoms with Crippen LogP contribution in [0.2, 0.25) is 0 Å². The third-order valence-electron chi connectivity index (χ3n) is 1.91. The van der Waals surface area contributed by atoms with Crippen LogP contribution in [-0.4, -0.2) is 17.0 Å². The first-order valence-electron chi connectivity index (χ1n) is 4.79. The fourth-order valence-corrected chi connectivity index (χ4v) is 1.98. The third-order valence-corrected chi connectivity index (χ3v) is 2.92. The summed E-state index contributed by atoms with van der Waals surface area (Å²) in [5, 5.41) is 18.2. The van der Waals surface area contributed by atoms with E-state index in [0.29, 0.717) is 0 Å². The molecule has 2 rings (SSSR count). The zero-order valence-electron chi connectivity index (χ0n) is 9.04. The molecule has 0 aliphatic rings. The van der Waals surface area contributed by atoms with Crippen molar-refractivity contribution < 1.29 is 15.0 Å². The molecule has 0 amide bonds. The minimum absolute atomic E-state index is 0.269. The molecule has 0 bridgehead atoms. The molecule has 0 heterocycles. The molecule has 0 saturated heterocycles. The predicted octanol–water partition coefficient (Wildman–Crippen LogP) is 3.06. The van der Waals surface area contributed by atoms with Crippen molar-refractivity contribution in [3.63, 3.8) is 0 Å². The van der Waals surface area contributed by atoms with Crippen LogP contribution < -0.4 is 0 Å². The summed E-state index contributed by atoms with van der Waals surface area (Å²) < 4.78 is 0. The number of benzene rings is 2. The van der Waals surface area contributed by atoms with Gasteiger partial charge in [0.2, 0.25) is 0 Å². The average Bonchev–Trinajstić information content (AvgIpc) is 2.37. The van der Waals surface area contributed by atoms with Crippen LogP contribution in [-0.2, 0) is 4.79 Å². The van der Waals surface area contributed by atoms with Crippen LogP contribution >= 0.6 is 11.8 Å². The third kappa shape index (κ3) is 4.20. The minimum atomic E-state index is 0.269. The van der Waals surface area contributed by atoms with Crippen LogP contribution in [0.5, 0.6) is 11.5 Å². The molecule has 0 fully saturated rings. The van der Waals surface area contributed by atoms with E-state index in [-0.39, 0.29) is 11.5 Å². The van der Waals surface area contributed by atoms with Crippen LogP contribution in [0.25, 0.3) is 0 Å². The van der Waals surface area contributed by atoms with Crippen molar-refractivity contribution in [3.05, 3.63) is 48.5 Å². The van der Waals surface area contributed by atoms with Gasteiger partial charge in [-0.05, 0) is 48.5 Å². The second kappa shape index (κ2) is 6.60. The lowest BCUT2D eigenvalue weighted by atomic mass is 10.3. The van der Waals surface area contributed by atoms with Gasteiger partial charge in [-0.25, -0.2) is 0 Å². The summed E-state index contributed by atoms with van der Waals surface area (Å²) in [6.45, 7) is 2.00. The van der Waals surface area contributed by atoms with E-state index >= 15 is 0 Å². The first kappa shape index (κ1) is 13.1. The quantitative estimate of drug-likeness (QED) is 0.857. The van der Waals surface area contributed by atoms with Crippen molar-refractivity contribution in [2.75, 3.05) is 0 Å². The Balaban J connectivity index is 0.000000686. The molecule has 3 nitrogen and oxygen atoms in total. The first-order chi connectivity index (χ1) is 8.24. The van der Waals surface area contributed by atoms with E-state index in [2.05, 4.69) is 0 Å². The van der Waals surface area contributed by atoms with Crippen LogP contribution in [0.1, 0.15) is 0 Å².